The zero-order chi connectivity index (χ0) is 9.90. The minimum Gasteiger partial charge on any atom is -0.466 e. The van der Waals surface area contributed by atoms with Crippen LogP contribution in [0.25, 0.3) is 0 Å². The minimum absolute atomic E-state index is 0.0897. The Hall–Kier alpha value is -1.20. The molecule has 0 aliphatic heterocycles. The first-order valence-corrected chi connectivity index (χ1v) is 4.23. The van der Waals surface area contributed by atoms with Crippen LogP contribution in [0.5, 0.6) is 0 Å². The molecule has 70 valence electrons. The molecular weight excluding hydrogens is 164 g/mol. The lowest BCUT2D eigenvalue weighted by atomic mass is 9.97. The standard InChI is InChI=1S/C11H14O2/c1-11(2,3)7-6-9(12)10-5-4-8-13-10/h4-5,8-9,12H,1-3H3/t9-/m0/s1. The Balaban J connectivity index is 2.69. The molecule has 0 saturated carbocycles. The first kappa shape index (κ1) is 9.88. The Morgan fingerprint density at radius 3 is 2.62 bits per heavy atom. The largest absolute Gasteiger partial charge is 0.466 e. The van der Waals surface area contributed by atoms with Crippen LogP contribution < -0.4 is 0 Å². The van der Waals surface area contributed by atoms with E-state index in [2.05, 4.69) is 11.8 Å². The van der Waals surface area contributed by atoms with Gasteiger partial charge in [0.1, 0.15) is 5.76 Å². The van der Waals surface area contributed by atoms with Gasteiger partial charge in [-0.2, -0.15) is 0 Å². The summed E-state index contributed by atoms with van der Waals surface area (Å²) in [7, 11) is 0. The van der Waals surface area contributed by atoms with Gasteiger partial charge in [-0.25, -0.2) is 0 Å². The summed E-state index contributed by atoms with van der Waals surface area (Å²) in [6.07, 6.45) is 0.714. The van der Waals surface area contributed by atoms with E-state index in [0.717, 1.165) is 0 Å². The first-order chi connectivity index (χ1) is 5.99. The average molecular weight is 178 g/mol. The Bertz CT molecular complexity index is 306. The summed E-state index contributed by atoms with van der Waals surface area (Å²) in [6, 6.07) is 3.44. The fraction of sp³-hybridized carbons (Fsp3) is 0.455. The van der Waals surface area contributed by atoms with Gasteiger partial charge in [-0.1, -0.05) is 11.8 Å². The molecule has 2 heteroatoms. The van der Waals surface area contributed by atoms with Crippen molar-refractivity contribution in [2.24, 2.45) is 5.41 Å². The van der Waals surface area contributed by atoms with E-state index in [1.165, 1.54) is 6.26 Å². The van der Waals surface area contributed by atoms with Crippen LogP contribution in [-0.4, -0.2) is 5.11 Å². The highest BCUT2D eigenvalue weighted by Crippen LogP contribution is 2.14. The van der Waals surface area contributed by atoms with E-state index in [9.17, 15) is 5.11 Å². The van der Waals surface area contributed by atoms with Gasteiger partial charge in [0.25, 0.3) is 0 Å². The van der Waals surface area contributed by atoms with Gasteiger partial charge in [-0.05, 0) is 32.9 Å². The van der Waals surface area contributed by atoms with E-state index in [0.29, 0.717) is 5.76 Å². The molecule has 13 heavy (non-hydrogen) atoms. The molecule has 0 spiro atoms. The third kappa shape index (κ3) is 3.35. The van der Waals surface area contributed by atoms with Crippen molar-refractivity contribution in [2.75, 3.05) is 0 Å². The molecule has 0 saturated heterocycles. The molecule has 1 N–H and O–H groups in total. The number of rotatable bonds is 1. The topological polar surface area (TPSA) is 33.4 Å². The summed E-state index contributed by atoms with van der Waals surface area (Å²) in [5.74, 6) is 6.18. The van der Waals surface area contributed by atoms with Crippen LogP contribution in [0.4, 0.5) is 0 Å². The molecule has 1 atom stereocenters. The number of aliphatic hydroxyl groups is 1. The molecule has 1 aromatic rings. The first-order valence-electron chi connectivity index (χ1n) is 4.23. The molecule has 1 heterocycles. The van der Waals surface area contributed by atoms with Crippen molar-refractivity contribution in [3.05, 3.63) is 24.2 Å². The number of furan rings is 1. The van der Waals surface area contributed by atoms with Crippen LogP contribution in [-0.2, 0) is 0 Å². The van der Waals surface area contributed by atoms with Crippen LogP contribution in [0.1, 0.15) is 32.6 Å². The zero-order valence-corrected chi connectivity index (χ0v) is 8.16. The summed E-state index contributed by atoms with van der Waals surface area (Å²) in [4.78, 5) is 0. The molecule has 0 aliphatic carbocycles. The Morgan fingerprint density at radius 2 is 2.15 bits per heavy atom. The van der Waals surface area contributed by atoms with Crippen molar-refractivity contribution >= 4 is 0 Å². The molecule has 0 bridgehead atoms. The SMILES string of the molecule is CC(C)(C)C#C[C@H](O)c1ccco1. The summed E-state index contributed by atoms with van der Waals surface area (Å²) < 4.78 is 5.01. The number of hydrogen-bond donors (Lipinski definition) is 1. The van der Waals surface area contributed by atoms with Crippen molar-refractivity contribution in [3.63, 3.8) is 0 Å². The van der Waals surface area contributed by atoms with E-state index in [1.54, 1.807) is 12.1 Å². The maximum atomic E-state index is 9.51. The lowest BCUT2D eigenvalue weighted by Crippen LogP contribution is -2.01. The van der Waals surface area contributed by atoms with Crippen LogP contribution in [0.3, 0.4) is 0 Å². The smallest absolute Gasteiger partial charge is 0.172 e. The molecule has 0 radical (unpaired) electrons. The third-order valence-corrected chi connectivity index (χ3v) is 1.40. The molecule has 1 aromatic heterocycles. The van der Waals surface area contributed by atoms with Crippen LogP contribution in [0.15, 0.2) is 22.8 Å². The second-order valence-corrected chi connectivity index (χ2v) is 3.94. The zero-order valence-electron chi connectivity index (χ0n) is 8.16. The lowest BCUT2D eigenvalue weighted by Gasteiger charge is -2.07. The van der Waals surface area contributed by atoms with Crippen molar-refractivity contribution in [1.82, 2.24) is 0 Å². The number of hydrogen-bond acceptors (Lipinski definition) is 2. The molecule has 0 unspecified atom stereocenters. The second-order valence-electron chi connectivity index (χ2n) is 3.94. The Labute approximate surface area is 78.6 Å². The molecule has 0 fully saturated rings. The van der Waals surface area contributed by atoms with Gasteiger partial charge in [-0.15, -0.1) is 0 Å². The quantitative estimate of drug-likeness (QED) is 0.670. The molecule has 1 rings (SSSR count). The van der Waals surface area contributed by atoms with Gasteiger partial charge in [0.05, 0.1) is 6.26 Å². The molecule has 2 nitrogen and oxygen atoms in total. The molecule has 0 aliphatic rings. The van der Waals surface area contributed by atoms with E-state index in [1.807, 2.05) is 20.8 Å². The Kier molecular flexibility index (Phi) is 2.79. The van der Waals surface area contributed by atoms with Crippen LogP contribution in [0.2, 0.25) is 0 Å². The lowest BCUT2D eigenvalue weighted by molar-refractivity contribution is 0.205. The highest BCUT2D eigenvalue weighted by Gasteiger charge is 2.08. The van der Waals surface area contributed by atoms with Gasteiger partial charge in [0, 0.05) is 5.41 Å². The second kappa shape index (κ2) is 3.68. The van der Waals surface area contributed by atoms with Crippen LogP contribution >= 0.6 is 0 Å². The maximum Gasteiger partial charge on any atom is 0.172 e. The van der Waals surface area contributed by atoms with Crippen molar-refractivity contribution < 1.29 is 9.52 Å². The van der Waals surface area contributed by atoms with E-state index in [4.69, 9.17) is 4.42 Å². The third-order valence-electron chi connectivity index (χ3n) is 1.40. The van der Waals surface area contributed by atoms with Gasteiger partial charge in [0.2, 0.25) is 0 Å². The van der Waals surface area contributed by atoms with Crippen molar-refractivity contribution in [2.45, 2.75) is 26.9 Å². The monoisotopic (exact) mass is 178 g/mol. The summed E-state index contributed by atoms with van der Waals surface area (Å²) >= 11 is 0. The normalized spacial score (nSPS) is 13.2. The maximum absolute atomic E-state index is 9.51. The van der Waals surface area contributed by atoms with Gasteiger partial charge >= 0.3 is 0 Å². The van der Waals surface area contributed by atoms with E-state index >= 15 is 0 Å². The van der Waals surface area contributed by atoms with Gasteiger partial charge in [-0.3, -0.25) is 0 Å². The Morgan fingerprint density at radius 1 is 1.46 bits per heavy atom. The molecular formula is C11H14O2. The van der Waals surface area contributed by atoms with E-state index < -0.39 is 6.10 Å². The number of aliphatic hydroxyl groups excluding tert-OH is 1. The molecule has 0 aromatic carbocycles. The highest BCUT2D eigenvalue weighted by molar-refractivity contribution is 5.18. The van der Waals surface area contributed by atoms with E-state index in [-0.39, 0.29) is 5.41 Å². The van der Waals surface area contributed by atoms with Crippen LogP contribution in [0, 0.1) is 17.3 Å². The fourth-order valence-electron chi connectivity index (χ4n) is 0.803. The minimum atomic E-state index is -0.811. The van der Waals surface area contributed by atoms with Crippen molar-refractivity contribution in [1.29, 1.82) is 0 Å². The van der Waals surface area contributed by atoms with Gasteiger partial charge in [0.15, 0.2) is 6.10 Å². The molecule has 0 amide bonds. The predicted octanol–water partition coefficient (Wildman–Crippen LogP) is 2.36. The summed E-state index contributed by atoms with van der Waals surface area (Å²) in [6.45, 7) is 5.98. The highest BCUT2D eigenvalue weighted by atomic mass is 16.4. The summed E-state index contributed by atoms with van der Waals surface area (Å²) in [5.41, 5.74) is -0.0897. The van der Waals surface area contributed by atoms with Crippen molar-refractivity contribution in [3.8, 4) is 11.8 Å². The summed E-state index contributed by atoms with van der Waals surface area (Å²) in [5, 5.41) is 9.51. The fourth-order valence-corrected chi connectivity index (χ4v) is 0.803. The predicted molar refractivity (Wildman–Crippen MR) is 50.9 cm³/mol. The van der Waals surface area contributed by atoms with Gasteiger partial charge < -0.3 is 9.52 Å². The average Bonchev–Trinajstić information content (AvgIpc) is 2.50.